The molecule has 0 amide bonds. The summed E-state index contributed by atoms with van der Waals surface area (Å²) in [7, 11) is 0. The van der Waals surface area contributed by atoms with Gasteiger partial charge in [0.05, 0.1) is 6.54 Å². The molecule has 1 N–H and O–H groups in total. The smallest absolute Gasteiger partial charge is 0.125 e. The first kappa shape index (κ1) is 25.4. The molecule has 2 aliphatic rings. The van der Waals surface area contributed by atoms with Gasteiger partial charge in [0.25, 0.3) is 0 Å². The Morgan fingerprint density at radius 1 is 1.13 bits per heavy atom. The number of halogens is 2. The molecule has 0 saturated heterocycles. The van der Waals surface area contributed by atoms with E-state index in [0.29, 0.717) is 12.5 Å². The highest BCUT2D eigenvalue weighted by molar-refractivity contribution is 9.12. The number of aliphatic imine (C=N–C) groups is 1. The number of nitrogens with zero attached hydrogens (tertiary/aromatic N) is 2. The minimum absolute atomic E-state index is 0.0164. The van der Waals surface area contributed by atoms with Crippen molar-refractivity contribution in [3.63, 3.8) is 0 Å². The monoisotopic (exact) mass is 539 g/mol. The van der Waals surface area contributed by atoms with E-state index in [9.17, 15) is 4.91 Å². The van der Waals surface area contributed by atoms with E-state index >= 15 is 0 Å². The van der Waals surface area contributed by atoms with Gasteiger partial charge in [0.1, 0.15) is 6.04 Å². The highest BCUT2D eigenvalue weighted by Gasteiger charge is 2.37. The summed E-state index contributed by atoms with van der Waals surface area (Å²) in [6.07, 6.45) is 11.6. The van der Waals surface area contributed by atoms with Crippen LogP contribution in [0.4, 0.5) is 0 Å². The van der Waals surface area contributed by atoms with Gasteiger partial charge < -0.3 is 5.32 Å². The van der Waals surface area contributed by atoms with Gasteiger partial charge in [-0.1, -0.05) is 96.8 Å². The molecular weight excluding hydrogens is 506 g/mol. The number of allylic oxidation sites excluding steroid dienone is 5. The molecule has 0 bridgehead atoms. The molecule has 4 nitrogen and oxygen atoms in total. The fraction of sp³-hybridized carbons (Fsp3) is 0.625. The van der Waals surface area contributed by atoms with E-state index in [4.69, 9.17) is 0 Å². The minimum Gasteiger partial charge on any atom is -0.314 e. The van der Waals surface area contributed by atoms with Crippen molar-refractivity contribution in [2.45, 2.75) is 54.0 Å². The normalized spacial score (nSPS) is 25.5. The summed E-state index contributed by atoms with van der Waals surface area (Å²) >= 11 is 7.15. The molecule has 0 fully saturated rings. The van der Waals surface area contributed by atoms with Crippen molar-refractivity contribution < 1.29 is 0 Å². The van der Waals surface area contributed by atoms with Gasteiger partial charge in [-0.05, 0) is 44.9 Å². The van der Waals surface area contributed by atoms with Gasteiger partial charge >= 0.3 is 0 Å². The van der Waals surface area contributed by atoms with Crippen LogP contribution in [0.25, 0.3) is 0 Å². The Kier molecular flexibility index (Phi) is 9.02. The standard InChI is InChI=1S/C24H35Br2N3O/c1-23(2,3)18-11-17(22(29-30)21(12-18)24(4,5)6)15-28-8-7-27-14-16-9-19(25)13-20(26)10-16/h9,11-13,15-16,21-22,27H,7-8,10,14H2,1-6H3/b28-15+. The topological polar surface area (TPSA) is 53.8 Å². The third-order valence-corrected chi connectivity index (χ3v) is 6.60. The molecule has 0 aliphatic heterocycles. The molecule has 2 rings (SSSR count). The Hall–Kier alpha value is -0.850. The molecule has 3 unspecified atom stereocenters. The van der Waals surface area contributed by atoms with Crippen molar-refractivity contribution in [3.8, 4) is 0 Å². The fourth-order valence-electron chi connectivity index (χ4n) is 3.76. The first-order valence-corrected chi connectivity index (χ1v) is 12.2. The molecule has 2 aliphatic carbocycles. The minimum atomic E-state index is -0.387. The predicted octanol–water partition coefficient (Wildman–Crippen LogP) is 6.93. The maximum absolute atomic E-state index is 11.7. The second-order valence-electron chi connectivity index (χ2n) is 10.3. The third-order valence-electron chi connectivity index (χ3n) is 5.55. The van der Waals surface area contributed by atoms with Crippen LogP contribution in [-0.4, -0.2) is 31.9 Å². The lowest BCUT2D eigenvalue weighted by atomic mass is 9.68. The van der Waals surface area contributed by atoms with Gasteiger partial charge in [0.2, 0.25) is 0 Å². The second kappa shape index (κ2) is 10.6. The van der Waals surface area contributed by atoms with Crippen LogP contribution < -0.4 is 5.32 Å². The molecule has 0 aromatic heterocycles. The van der Waals surface area contributed by atoms with Crippen LogP contribution in [0.2, 0.25) is 0 Å². The summed E-state index contributed by atoms with van der Waals surface area (Å²) in [4.78, 5) is 16.3. The molecule has 0 aromatic rings. The van der Waals surface area contributed by atoms with Crippen LogP contribution in [0.5, 0.6) is 0 Å². The van der Waals surface area contributed by atoms with Crippen molar-refractivity contribution in [3.05, 3.63) is 49.3 Å². The SMILES string of the molecule is CC(C)(C)C1=CC(C(C)(C)C)C(N=O)C(/C=N/CCNCC2C=C(Br)C=C(Br)C2)=C1. The Morgan fingerprint density at radius 3 is 2.40 bits per heavy atom. The maximum Gasteiger partial charge on any atom is 0.125 e. The zero-order valence-electron chi connectivity index (χ0n) is 19.0. The molecular formula is C24H35Br2N3O. The first-order valence-electron chi connectivity index (χ1n) is 10.6. The van der Waals surface area contributed by atoms with Crippen molar-refractivity contribution in [1.82, 2.24) is 5.32 Å². The summed E-state index contributed by atoms with van der Waals surface area (Å²) < 4.78 is 2.34. The highest BCUT2D eigenvalue weighted by Crippen LogP contribution is 2.41. The quantitative estimate of drug-likeness (QED) is 0.216. The zero-order valence-corrected chi connectivity index (χ0v) is 22.2. The summed E-state index contributed by atoms with van der Waals surface area (Å²) in [5.74, 6) is 0.538. The average molecular weight is 541 g/mol. The number of nitrogens with one attached hydrogen (secondary N) is 1. The van der Waals surface area contributed by atoms with E-state index in [1.165, 1.54) is 10.1 Å². The molecule has 30 heavy (non-hydrogen) atoms. The number of hydrogen-bond acceptors (Lipinski definition) is 4. The zero-order chi connectivity index (χ0) is 22.5. The molecule has 166 valence electrons. The van der Waals surface area contributed by atoms with Gasteiger partial charge in [-0.2, -0.15) is 4.91 Å². The van der Waals surface area contributed by atoms with E-state index in [0.717, 1.165) is 29.6 Å². The molecule has 0 saturated carbocycles. The largest absolute Gasteiger partial charge is 0.314 e. The summed E-state index contributed by atoms with van der Waals surface area (Å²) in [6, 6.07) is -0.387. The van der Waals surface area contributed by atoms with E-state index in [1.54, 1.807) is 0 Å². The van der Waals surface area contributed by atoms with E-state index in [1.807, 2.05) is 6.21 Å². The Bertz CT molecular complexity index is 779. The summed E-state index contributed by atoms with van der Waals surface area (Å²) in [5, 5.41) is 6.98. The third kappa shape index (κ3) is 7.38. The van der Waals surface area contributed by atoms with Gasteiger partial charge in [-0.15, -0.1) is 0 Å². The summed E-state index contributed by atoms with van der Waals surface area (Å²) in [6.45, 7) is 15.5. The van der Waals surface area contributed by atoms with Crippen LogP contribution in [0.15, 0.2) is 54.6 Å². The van der Waals surface area contributed by atoms with E-state index < -0.39 is 0 Å². The Morgan fingerprint density at radius 2 is 1.83 bits per heavy atom. The van der Waals surface area contributed by atoms with Crippen molar-refractivity contribution in [1.29, 1.82) is 0 Å². The van der Waals surface area contributed by atoms with E-state index in [-0.39, 0.29) is 22.8 Å². The molecule has 6 heteroatoms. The van der Waals surface area contributed by atoms with Gasteiger partial charge in [0, 0.05) is 29.7 Å². The molecule has 3 atom stereocenters. The van der Waals surface area contributed by atoms with Gasteiger partial charge in [-0.3, -0.25) is 4.99 Å². The molecule has 0 heterocycles. The van der Waals surface area contributed by atoms with Crippen LogP contribution >= 0.6 is 31.9 Å². The second-order valence-corrected chi connectivity index (χ2v) is 12.2. The van der Waals surface area contributed by atoms with Crippen LogP contribution in [0, 0.1) is 27.6 Å². The van der Waals surface area contributed by atoms with Crippen molar-refractivity contribution in [2.75, 3.05) is 19.6 Å². The first-order chi connectivity index (χ1) is 13.9. The number of nitroso groups, excluding NO2 is 1. The van der Waals surface area contributed by atoms with Crippen LogP contribution in [0.1, 0.15) is 48.0 Å². The molecule has 0 aromatic carbocycles. The fourth-order valence-corrected chi connectivity index (χ4v) is 5.38. The summed E-state index contributed by atoms with van der Waals surface area (Å²) in [5.41, 5.74) is 2.14. The van der Waals surface area contributed by atoms with Gasteiger partial charge in [-0.25, -0.2) is 0 Å². The van der Waals surface area contributed by atoms with Crippen LogP contribution in [0.3, 0.4) is 0 Å². The van der Waals surface area contributed by atoms with Crippen molar-refractivity contribution >= 4 is 38.1 Å². The number of hydrogen-bond donors (Lipinski definition) is 1. The average Bonchev–Trinajstić information content (AvgIpc) is 2.61. The predicted molar refractivity (Wildman–Crippen MR) is 137 cm³/mol. The Labute approximate surface area is 198 Å². The van der Waals surface area contributed by atoms with Crippen LogP contribution in [-0.2, 0) is 0 Å². The molecule has 0 radical (unpaired) electrons. The molecule has 0 spiro atoms. The van der Waals surface area contributed by atoms with E-state index in [2.05, 4.69) is 113 Å². The lowest BCUT2D eigenvalue weighted by Gasteiger charge is -2.37. The highest BCUT2D eigenvalue weighted by atomic mass is 79.9. The Balaban J connectivity index is 1.98. The van der Waals surface area contributed by atoms with Crippen molar-refractivity contribution in [2.24, 2.45) is 32.8 Å². The lowest BCUT2D eigenvalue weighted by molar-refractivity contribution is 0.264. The lowest BCUT2D eigenvalue weighted by Crippen LogP contribution is -2.34. The maximum atomic E-state index is 11.7. The van der Waals surface area contributed by atoms with Gasteiger partial charge in [0.15, 0.2) is 0 Å². The number of rotatable bonds is 7.